The van der Waals surface area contributed by atoms with Crippen LogP contribution in [0.1, 0.15) is 12.0 Å². The van der Waals surface area contributed by atoms with Crippen molar-refractivity contribution < 1.29 is 4.74 Å². The van der Waals surface area contributed by atoms with E-state index in [2.05, 4.69) is 16.4 Å². The van der Waals surface area contributed by atoms with Crippen LogP contribution >= 0.6 is 0 Å². The second kappa shape index (κ2) is 4.82. The van der Waals surface area contributed by atoms with Crippen LogP contribution in [0.15, 0.2) is 36.5 Å². The maximum absolute atomic E-state index is 5.91. The maximum atomic E-state index is 5.91. The molecule has 0 saturated carbocycles. The lowest BCUT2D eigenvalue weighted by Gasteiger charge is -2.11. The fraction of sp³-hybridized carbons (Fsp3) is 0.357. The van der Waals surface area contributed by atoms with Gasteiger partial charge in [-0.3, -0.25) is 4.98 Å². The molecule has 1 N–H and O–H groups in total. The van der Waals surface area contributed by atoms with Crippen molar-refractivity contribution in [1.29, 1.82) is 0 Å². The summed E-state index contributed by atoms with van der Waals surface area (Å²) in [4.78, 5) is 4.35. The van der Waals surface area contributed by atoms with Gasteiger partial charge in [0.15, 0.2) is 0 Å². The quantitative estimate of drug-likeness (QED) is 0.873. The molecule has 1 saturated heterocycles. The Balaban J connectivity index is 1.79. The van der Waals surface area contributed by atoms with Crippen LogP contribution in [-0.2, 0) is 11.3 Å². The number of nitrogens with one attached hydrogen (secondary N) is 1. The van der Waals surface area contributed by atoms with Crippen molar-refractivity contribution in [3.05, 3.63) is 42.1 Å². The minimum absolute atomic E-state index is 0.363. The van der Waals surface area contributed by atoms with Crippen LogP contribution in [0, 0.1) is 0 Å². The third-order valence-electron chi connectivity index (χ3n) is 3.23. The Morgan fingerprint density at radius 3 is 3.12 bits per heavy atom. The summed E-state index contributed by atoms with van der Waals surface area (Å²) in [6, 6.07) is 10.3. The van der Waals surface area contributed by atoms with E-state index in [0.29, 0.717) is 12.7 Å². The molecule has 1 aromatic heterocycles. The number of para-hydroxylation sites is 1. The van der Waals surface area contributed by atoms with Crippen molar-refractivity contribution in [2.45, 2.75) is 19.1 Å². The SMILES string of the molecule is c1ccc2c(COC3CCNC3)ccnc2c1. The van der Waals surface area contributed by atoms with Crippen LogP contribution in [0.3, 0.4) is 0 Å². The lowest BCUT2D eigenvalue weighted by molar-refractivity contribution is 0.0549. The van der Waals surface area contributed by atoms with E-state index in [-0.39, 0.29) is 0 Å². The Hall–Kier alpha value is -1.45. The topological polar surface area (TPSA) is 34.1 Å². The standard InChI is InChI=1S/C14H16N2O/c1-2-4-14-13(3-1)11(5-8-16-14)10-17-12-6-7-15-9-12/h1-5,8,12,15H,6-7,9-10H2. The molecule has 88 valence electrons. The summed E-state index contributed by atoms with van der Waals surface area (Å²) in [6.07, 6.45) is 3.33. The van der Waals surface area contributed by atoms with Crippen LogP contribution < -0.4 is 5.32 Å². The minimum atomic E-state index is 0.363. The number of nitrogens with zero attached hydrogens (tertiary/aromatic N) is 1. The maximum Gasteiger partial charge on any atom is 0.0728 e. The van der Waals surface area contributed by atoms with Crippen molar-refractivity contribution >= 4 is 10.9 Å². The van der Waals surface area contributed by atoms with Gasteiger partial charge in [-0.2, -0.15) is 0 Å². The molecule has 1 aliphatic heterocycles. The average molecular weight is 228 g/mol. The molecule has 0 amide bonds. The lowest BCUT2D eigenvalue weighted by Crippen LogP contribution is -2.16. The van der Waals surface area contributed by atoms with Crippen LogP contribution in [0.4, 0.5) is 0 Å². The molecular weight excluding hydrogens is 212 g/mol. The van der Waals surface area contributed by atoms with Crippen LogP contribution in [0.5, 0.6) is 0 Å². The normalized spacial score (nSPS) is 19.9. The first-order valence-corrected chi connectivity index (χ1v) is 6.08. The summed E-state index contributed by atoms with van der Waals surface area (Å²) in [5, 5.41) is 4.50. The molecule has 0 bridgehead atoms. The number of rotatable bonds is 3. The average Bonchev–Trinajstić information content (AvgIpc) is 2.89. The highest BCUT2D eigenvalue weighted by Gasteiger charge is 2.14. The smallest absolute Gasteiger partial charge is 0.0728 e. The molecule has 3 nitrogen and oxygen atoms in total. The fourth-order valence-corrected chi connectivity index (χ4v) is 2.26. The predicted octanol–water partition coefficient (Wildman–Crippen LogP) is 2.11. The number of ether oxygens (including phenoxy) is 1. The molecule has 1 aromatic carbocycles. The third kappa shape index (κ3) is 2.30. The molecule has 0 radical (unpaired) electrons. The highest BCUT2D eigenvalue weighted by atomic mass is 16.5. The van der Waals surface area contributed by atoms with Crippen LogP contribution in [-0.4, -0.2) is 24.2 Å². The molecule has 0 spiro atoms. The third-order valence-corrected chi connectivity index (χ3v) is 3.23. The van der Waals surface area contributed by atoms with E-state index in [0.717, 1.165) is 25.0 Å². The summed E-state index contributed by atoms with van der Waals surface area (Å²) < 4.78 is 5.91. The number of fused-ring (bicyclic) bond motifs is 1. The van der Waals surface area contributed by atoms with Gasteiger partial charge in [0.25, 0.3) is 0 Å². The van der Waals surface area contributed by atoms with Gasteiger partial charge >= 0.3 is 0 Å². The van der Waals surface area contributed by atoms with Gasteiger partial charge < -0.3 is 10.1 Å². The van der Waals surface area contributed by atoms with E-state index in [9.17, 15) is 0 Å². The van der Waals surface area contributed by atoms with Crippen LogP contribution in [0.2, 0.25) is 0 Å². The molecule has 2 aromatic rings. The Bertz CT molecular complexity index is 501. The van der Waals surface area contributed by atoms with Crippen LogP contribution in [0.25, 0.3) is 10.9 Å². The monoisotopic (exact) mass is 228 g/mol. The highest BCUT2D eigenvalue weighted by molar-refractivity contribution is 5.81. The number of hydrogen-bond donors (Lipinski definition) is 1. The lowest BCUT2D eigenvalue weighted by atomic mass is 10.1. The molecule has 1 atom stereocenters. The molecule has 2 heterocycles. The van der Waals surface area contributed by atoms with Gasteiger partial charge in [-0.05, 0) is 30.7 Å². The second-order valence-corrected chi connectivity index (χ2v) is 4.41. The van der Waals surface area contributed by atoms with Crippen molar-refractivity contribution in [3.8, 4) is 0 Å². The van der Waals surface area contributed by atoms with Crippen molar-refractivity contribution in [1.82, 2.24) is 10.3 Å². The first-order chi connectivity index (χ1) is 8.43. The number of pyridine rings is 1. The van der Waals surface area contributed by atoms with Crippen molar-refractivity contribution in [3.63, 3.8) is 0 Å². The van der Waals surface area contributed by atoms with E-state index in [1.807, 2.05) is 30.5 Å². The molecule has 3 rings (SSSR count). The summed E-state index contributed by atoms with van der Waals surface area (Å²) in [5.41, 5.74) is 2.26. The summed E-state index contributed by atoms with van der Waals surface area (Å²) in [5.74, 6) is 0. The van der Waals surface area contributed by atoms with Gasteiger partial charge in [0, 0.05) is 18.1 Å². The van der Waals surface area contributed by atoms with Crippen molar-refractivity contribution in [2.75, 3.05) is 13.1 Å². The van der Waals surface area contributed by atoms with E-state index in [1.54, 1.807) is 0 Å². The largest absolute Gasteiger partial charge is 0.372 e. The summed E-state index contributed by atoms with van der Waals surface area (Å²) >= 11 is 0. The second-order valence-electron chi connectivity index (χ2n) is 4.41. The Morgan fingerprint density at radius 2 is 2.24 bits per heavy atom. The Kier molecular flexibility index (Phi) is 3.03. The van der Waals surface area contributed by atoms with Gasteiger partial charge in [-0.15, -0.1) is 0 Å². The molecule has 1 unspecified atom stereocenters. The van der Waals surface area contributed by atoms with E-state index in [1.165, 1.54) is 10.9 Å². The molecule has 0 aliphatic carbocycles. The summed E-state index contributed by atoms with van der Waals surface area (Å²) in [6.45, 7) is 2.72. The molecule has 1 fully saturated rings. The molecule has 1 aliphatic rings. The predicted molar refractivity (Wildman–Crippen MR) is 67.8 cm³/mol. The fourth-order valence-electron chi connectivity index (χ4n) is 2.26. The zero-order valence-electron chi connectivity index (χ0n) is 9.73. The zero-order chi connectivity index (χ0) is 11.5. The van der Waals surface area contributed by atoms with E-state index in [4.69, 9.17) is 4.74 Å². The van der Waals surface area contributed by atoms with Gasteiger partial charge in [-0.1, -0.05) is 18.2 Å². The van der Waals surface area contributed by atoms with Gasteiger partial charge in [0.05, 0.1) is 18.2 Å². The Morgan fingerprint density at radius 1 is 1.29 bits per heavy atom. The first kappa shape index (κ1) is 10.7. The molecule has 17 heavy (non-hydrogen) atoms. The van der Waals surface area contributed by atoms with E-state index < -0.39 is 0 Å². The number of aromatic nitrogens is 1. The van der Waals surface area contributed by atoms with Crippen molar-refractivity contribution in [2.24, 2.45) is 0 Å². The summed E-state index contributed by atoms with van der Waals surface area (Å²) in [7, 11) is 0. The van der Waals surface area contributed by atoms with Gasteiger partial charge in [-0.25, -0.2) is 0 Å². The zero-order valence-corrected chi connectivity index (χ0v) is 9.73. The highest BCUT2D eigenvalue weighted by Crippen LogP contribution is 2.18. The minimum Gasteiger partial charge on any atom is -0.372 e. The van der Waals surface area contributed by atoms with Gasteiger partial charge in [0.1, 0.15) is 0 Å². The van der Waals surface area contributed by atoms with Gasteiger partial charge in [0.2, 0.25) is 0 Å². The number of benzene rings is 1. The molecule has 3 heteroatoms. The molecular formula is C14H16N2O. The first-order valence-electron chi connectivity index (χ1n) is 6.08. The number of hydrogen-bond acceptors (Lipinski definition) is 3. The Labute approximate surface area is 101 Å². The van der Waals surface area contributed by atoms with E-state index >= 15 is 0 Å².